The normalized spacial score (nSPS) is 13.4. The zero-order valence-corrected chi connectivity index (χ0v) is 12.9. The van der Waals surface area contributed by atoms with Crippen LogP contribution in [0.5, 0.6) is 0 Å². The van der Waals surface area contributed by atoms with Crippen molar-refractivity contribution in [3.05, 3.63) is 35.9 Å². The lowest BCUT2D eigenvalue weighted by molar-refractivity contribution is -0.140. The molecule has 0 aliphatic heterocycles. The molecule has 1 aromatic rings. The van der Waals surface area contributed by atoms with Gasteiger partial charge < -0.3 is 10.2 Å². The van der Waals surface area contributed by atoms with Crippen molar-refractivity contribution in [2.24, 2.45) is 5.92 Å². The summed E-state index contributed by atoms with van der Waals surface area (Å²) in [7, 11) is -3.97. The largest absolute Gasteiger partial charge is 0.480 e. The second-order valence-electron chi connectivity index (χ2n) is 4.92. The Hall–Kier alpha value is -2.19. The van der Waals surface area contributed by atoms with Gasteiger partial charge in [0.25, 0.3) is 0 Å². The average molecular weight is 327 g/mol. The Balaban J connectivity index is 2.99. The van der Waals surface area contributed by atoms with Crippen LogP contribution in [0, 0.1) is 5.92 Å². The van der Waals surface area contributed by atoms with E-state index in [2.05, 4.69) is 4.72 Å². The second-order valence-corrected chi connectivity index (χ2v) is 6.64. The van der Waals surface area contributed by atoms with E-state index >= 15 is 0 Å². The van der Waals surface area contributed by atoms with Crippen LogP contribution in [0.4, 0.5) is 0 Å². The summed E-state index contributed by atoms with van der Waals surface area (Å²) in [5.41, 5.74) is 0.514. The first-order chi connectivity index (χ1) is 10.1. The highest BCUT2D eigenvalue weighted by Gasteiger charge is 2.27. The van der Waals surface area contributed by atoms with Crippen LogP contribution in [-0.2, 0) is 19.6 Å². The summed E-state index contributed by atoms with van der Waals surface area (Å²) in [5, 5.41) is 17.5. The van der Waals surface area contributed by atoms with Gasteiger partial charge in [-0.2, -0.15) is 4.72 Å². The predicted octanol–water partition coefficient (Wildman–Crippen LogP) is 1.17. The minimum atomic E-state index is -3.97. The van der Waals surface area contributed by atoms with Crippen molar-refractivity contribution in [3.8, 4) is 0 Å². The van der Waals surface area contributed by atoms with Gasteiger partial charge in [0.1, 0.15) is 6.04 Å². The van der Waals surface area contributed by atoms with Crippen LogP contribution in [0.3, 0.4) is 0 Å². The minimum Gasteiger partial charge on any atom is -0.480 e. The number of carbonyl (C=O) groups is 2. The second kappa shape index (κ2) is 7.19. The molecule has 0 saturated heterocycles. The smallest absolute Gasteiger partial charge is 0.328 e. The summed E-state index contributed by atoms with van der Waals surface area (Å²) < 4.78 is 26.4. The Morgan fingerprint density at radius 2 is 1.68 bits per heavy atom. The third-order valence-electron chi connectivity index (χ3n) is 2.82. The topological polar surface area (TPSA) is 121 Å². The van der Waals surface area contributed by atoms with Gasteiger partial charge >= 0.3 is 11.9 Å². The number of aliphatic carboxylic acids is 2. The summed E-state index contributed by atoms with van der Waals surface area (Å²) in [4.78, 5) is 21.4. The van der Waals surface area contributed by atoms with Gasteiger partial charge in [0, 0.05) is 6.08 Å². The summed E-state index contributed by atoms with van der Waals surface area (Å²) in [6, 6.07) is 4.20. The Morgan fingerprint density at radius 3 is 2.09 bits per heavy atom. The molecule has 22 heavy (non-hydrogen) atoms. The van der Waals surface area contributed by atoms with Crippen LogP contribution in [0.1, 0.15) is 19.4 Å². The van der Waals surface area contributed by atoms with Crippen LogP contribution in [0.25, 0.3) is 6.08 Å². The van der Waals surface area contributed by atoms with E-state index in [4.69, 9.17) is 10.2 Å². The van der Waals surface area contributed by atoms with Crippen LogP contribution < -0.4 is 4.72 Å². The van der Waals surface area contributed by atoms with Crippen molar-refractivity contribution in [3.63, 3.8) is 0 Å². The number of carboxylic acids is 2. The van der Waals surface area contributed by atoms with E-state index in [9.17, 15) is 18.0 Å². The van der Waals surface area contributed by atoms with Gasteiger partial charge in [-0.25, -0.2) is 13.2 Å². The highest BCUT2D eigenvalue weighted by molar-refractivity contribution is 7.89. The van der Waals surface area contributed by atoms with Crippen LogP contribution in [-0.4, -0.2) is 36.6 Å². The molecule has 1 atom stereocenters. The SMILES string of the molecule is CC(C)[C@@H](NS(=O)(=O)c1ccc(/C=C/C(=O)O)cc1)C(=O)O. The lowest BCUT2D eigenvalue weighted by atomic mass is 10.1. The Labute approximate surface area is 128 Å². The van der Waals surface area contributed by atoms with Crippen molar-refractivity contribution in [1.82, 2.24) is 4.72 Å². The number of benzene rings is 1. The van der Waals surface area contributed by atoms with E-state index in [1.165, 1.54) is 30.3 Å². The monoisotopic (exact) mass is 327 g/mol. The molecule has 0 spiro atoms. The standard InChI is InChI=1S/C14H17NO6S/c1-9(2)13(14(18)19)15-22(20,21)11-6-3-10(4-7-11)5-8-12(16)17/h3-9,13,15H,1-2H3,(H,16,17)(H,18,19)/b8-5+/t13-/m1/s1. The van der Waals surface area contributed by atoms with Crippen molar-refractivity contribution >= 4 is 28.0 Å². The summed E-state index contributed by atoms with van der Waals surface area (Å²) in [5.74, 6) is -2.77. The van der Waals surface area contributed by atoms with Crippen molar-refractivity contribution in [2.75, 3.05) is 0 Å². The maximum atomic E-state index is 12.1. The maximum Gasteiger partial charge on any atom is 0.328 e. The quantitative estimate of drug-likeness (QED) is 0.647. The molecule has 1 rings (SSSR count). The van der Waals surface area contributed by atoms with Crippen LogP contribution in [0.2, 0.25) is 0 Å². The molecule has 0 aliphatic rings. The molecule has 0 amide bonds. The molecule has 0 radical (unpaired) electrons. The highest BCUT2D eigenvalue weighted by atomic mass is 32.2. The lowest BCUT2D eigenvalue weighted by Crippen LogP contribution is -2.44. The third-order valence-corrected chi connectivity index (χ3v) is 4.28. The molecular weight excluding hydrogens is 310 g/mol. The number of hydrogen-bond acceptors (Lipinski definition) is 4. The molecule has 0 heterocycles. The molecule has 0 unspecified atom stereocenters. The molecule has 0 aliphatic carbocycles. The molecule has 1 aromatic carbocycles. The van der Waals surface area contributed by atoms with E-state index in [0.717, 1.165) is 6.08 Å². The maximum absolute atomic E-state index is 12.1. The molecule has 0 saturated carbocycles. The zero-order chi connectivity index (χ0) is 16.9. The first-order valence-electron chi connectivity index (χ1n) is 6.39. The van der Waals surface area contributed by atoms with E-state index < -0.39 is 33.9 Å². The van der Waals surface area contributed by atoms with Crippen molar-refractivity contribution < 1.29 is 28.2 Å². The molecule has 8 heteroatoms. The Morgan fingerprint density at radius 1 is 1.14 bits per heavy atom. The van der Waals surface area contributed by atoms with E-state index in [1.807, 2.05) is 0 Å². The highest BCUT2D eigenvalue weighted by Crippen LogP contribution is 2.14. The van der Waals surface area contributed by atoms with Crippen molar-refractivity contribution in [1.29, 1.82) is 0 Å². The van der Waals surface area contributed by atoms with Gasteiger partial charge in [-0.05, 0) is 29.7 Å². The first kappa shape index (κ1) is 17.9. The molecule has 3 N–H and O–H groups in total. The summed E-state index contributed by atoms with van der Waals surface area (Å²) in [6.07, 6.45) is 2.25. The van der Waals surface area contributed by atoms with Gasteiger partial charge in [0.2, 0.25) is 10.0 Å². The average Bonchev–Trinajstić information content (AvgIpc) is 2.42. The van der Waals surface area contributed by atoms with Gasteiger partial charge in [-0.15, -0.1) is 0 Å². The van der Waals surface area contributed by atoms with E-state index in [1.54, 1.807) is 13.8 Å². The minimum absolute atomic E-state index is 0.0909. The fraction of sp³-hybridized carbons (Fsp3) is 0.286. The molecule has 0 aromatic heterocycles. The molecule has 0 bridgehead atoms. The number of carboxylic acid groups (broad SMARTS) is 2. The van der Waals surface area contributed by atoms with Crippen LogP contribution in [0.15, 0.2) is 35.2 Å². The zero-order valence-electron chi connectivity index (χ0n) is 12.1. The fourth-order valence-corrected chi connectivity index (χ4v) is 2.97. The number of sulfonamides is 1. The lowest BCUT2D eigenvalue weighted by Gasteiger charge is -2.18. The molecule has 7 nitrogen and oxygen atoms in total. The summed E-state index contributed by atoms with van der Waals surface area (Å²) >= 11 is 0. The predicted molar refractivity (Wildman–Crippen MR) is 79.7 cm³/mol. The number of rotatable bonds is 7. The van der Waals surface area contributed by atoms with Gasteiger partial charge in [0.05, 0.1) is 4.90 Å². The van der Waals surface area contributed by atoms with Gasteiger partial charge in [-0.1, -0.05) is 26.0 Å². The Bertz CT molecular complexity index is 676. The fourth-order valence-electron chi connectivity index (χ4n) is 1.63. The number of hydrogen-bond donors (Lipinski definition) is 3. The van der Waals surface area contributed by atoms with Crippen molar-refractivity contribution in [2.45, 2.75) is 24.8 Å². The molecule has 0 fully saturated rings. The van der Waals surface area contributed by atoms with E-state index in [-0.39, 0.29) is 4.90 Å². The van der Waals surface area contributed by atoms with Gasteiger partial charge in [0.15, 0.2) is 0 Å². The number of nitrogens with one attached hydrogen (secondary N) is 1. The third kappa shape index (κ3) is 4.97. The van der Waals surface area contributed by atoms with Gasteiger partial charge in [-0.3, -0.25) is 4.79 Å². The van der Waals surface area contributed by atoms with E-state index in [0.29, 0.717) is 5.56 Å². The summed E-state index contributed by atoms with van der Waals surface area (Å²) in [6.45, 7) is 3.20. The first-order valence-corrected chi connectivity index (χ1v) is 7.88. The van der Waals surface area contributed by atoms with Crippen LogP contribution >= 0.6 is 0 Å². The molecular formula is C14H17NO6S. The molecule has 120 valence electrons. The Kier molecular flexibility index (Phi) is 5.84.